The van der Waals surface area contributed by atoms with Gasteiger partial charge in [0.1, 0.15) is 6.04 Å². The number of rotatable bonds is 4. The van der Waals surface area contributed by atoms with Gasteiger partial charge in [0.15, 0.2) is 0 Å². The maximum atomic E-state index is 13.0. The molecule has 3 N–H and O–H groups in total. The third kappa shape index (κ3) is 3.36. The lowest BCUT2D eigenvalue weighted by Crippen LogP contribution is -2.61. The van der Waals surface area contributed by atoms with E-state index in [2.05, 4.69) is 5.32 Å². The van der Waals surface area contributed by atoms with E-state index in [1.807, 2.05) is 6.92 Å². The molecule has 1 unspecified atom stereocenters. The van der Waals surface area contributed by atoms with Gasteiger partial charge in [-0.3, -0.25) is 9.59 Å². The Balaban J connectivity index is 2.15. The quantitative estimate of drug-likeness (QED) is 0.702. The van der Waals surface area contributed by atoms with Crippen molar-refractivity contribution in [3.8, 4) is 0 Å². The molecule has 0 radical (unpaired) electrons. The zero-order valence-corrected chi connectivity index (χ0v) is 12.6. The predicted molar refractivity (Wildman–Crippen MR) is 76.5 cm³/mol. The maximum absolute atomic E-state index is 13.0. The summed E-state index contributed by atoms with van der Waals surface area (Å²) in [5, 5.41) is 2.76. The average molecular weight is 299 g/mol. The lowest BCUT2D eigenvalue weighted by molar-refractivity contribution is -0.160. The van der Waals surface area contributed by atoms with Crippen LogP contribution in [0.2, 0.25) is 0 Å². The van der Waals surface area contributed by atoms with Crippen LogP contribution in [0.25, 0.3) is 0 Å². The zero-order valence-electron chi connectivity index (χ0n) is 12.6. The average Bonchev–Trinajstić information content (AvgIpc) is 2.55. The van der Waals surface area contributed by atoms with E-state index in [-0.39, 0.29) is 25.0 Å². The van der Waals surface area contributed by atoms with Crippen LogP contribution in [0.1, 0.15) is 19.8 Å². The first kappa shape index (κ1) is 16.2. The van der Waals surface area contributed by atoms with Crippen LogP contribution in [0.4, 0.5) is 0 Å². The highest BCUT2D eigenvalue weighted by molar-refractivity contribution is 5.90. The standard InChI is InChI=1S/C14H25N3O4/c1-2-16-12(18)11-9-21-8-5-17(11)13(19)14(10-15)3-6-20-7-4-14/h11H,2-10,15H2,1H3,(H,16,18). The highest BCUT2D eigenvalue weighted by Crippen LogP contribution is 2.32. The highest BCUT2D eigenvalue weighted by atomic mass is 16.5. The van der Waals surface area contributed by atoms with E-state index in [9.17, 15) is 9.59 Å². The first-order valence-electron chi connectivity index (χ1n) is 7.59. The number of hydrogen-bond donors (Lipinski definition) is 2. The van der Waals surface area contributed by atoms with Gasteiger partial charge in [-0.2, -0.15) is 0 Å². The van der Waals surface area contributed by atoms with E-state index < -0.39 is 11.5 Å². The van der Waals surface area contributed by atoms with E-state index in [1.54, 1.807) is 4.90 Å². The van der Waals surface area contributed by atoms with Crippen LogP contribution in [-0.4, -0.2) is 68.8 Å². The van der Waals surface area contributed by atoms with Gasteiger partial charge in [-0.1, -0.05) is 0 Å². The van der Waals surface area contributed by atoms with Crippen LogP contribution in [0, 0.1) is 5.41 Å². The van der Waals surface area contributed by atoms with Crippen LogP contribution in [0.15, 0.2) is 0 Å². The van der Waals surface area contributed by atoms with Gasteiger partial charge in [0.05, 0.1) is 18.6 Å². The van der Waals surface area contributed by atoms with E-state index in [4.69, 9.17) is 15.2 Å². The number of amides is 2. The first-order valence-corrected chi connectivity index (χ1v) is 7.59. The van der Waals surface area contributed by atoms with E-state index in [0.717, 1.165) is 0 Å². The Morgan fingerprint density at radius 3 is 2.62 bits per heavy atom. The Morgan fingerprint density at radius 2 is 2.00 bits per heavy atom. The van der Waals surface area contributed by atoms with E-state index in [0.29, 0.717) is 45.8 Å². The fourth-order valence-electron chi connectivity index (χ4n) is 2.93. The molecule has 2 rings (SSSR count). The minimum absolute atomic E-state index is 0.0344. The van der Waals surface area contributed by atoms with Crippen molar-refractivity contribution in [2.45, 2.75) is 25.8 Å². The van der Waals surface area contributed by atoms with Crippen LogP contribution in [0.3, 0.4) is 0 Å². The molecule has 0 aromatic carbocycles. The molecule has 1 atom stereocenters. The molecule has 2 heterocycles. The number of nitrogens with two attached hydrogens (primary N) is 1. The SMILES string of the molecule is CCNC(=O)C1COCCN1C(=O)C1(CN)CCOCC1. The molecular formula is C14H25N3O4. The fraction of sp³-hybridized carbons (Fsp3) is 0.857. The van der Waals surface area contributed by atoms with Crippen LogP contribution < -0.4 is 11.1 Å². The number of carbonyl (C=O) groups is 2. The second-order valence-corrected chi connectivity index (χ2v) is 5.58. The van der Waals surface area contributed by atoms with Crippen molar-refractivity contribution in [3.05, 3.63) is 0 Å². The smallest absolute Gasteiger partial charge is 0.245 e. The molecule has 7 heteroatoms. The van der Waals surface area contributed by atoms with Crippen molar-refractivity contribution in [1.82, 2.24) is 10.2 Å². The monoisotopic (exact) mass is 299 g/mol. The summed E-state index contributed by atoms with van der Waals surface area (Å²) in [4.78, 5) is 26.8. The molecule has 2 saturated heterocycles. The minimum Gasteiger partial charge on any atom is -0.381 e. The van der Waals surface area contributed by atoms with Gasteiger partial charge in [-0.25, -0.2) is 0 Å². The number of nitrogens with zero attached hydrogens (tertiary/aromatic N) is 1. The molecule has 120 valence electrons. The van der Waals surface area contributed by atoms with Crippen molar-refractivity contribution in [1.29, 1.82) is 0 Å². The molecule has 0 saturated carbocycles. The lowest BCUT2D eigenvalue weighted by atomic mass is 9.78. The normalized spacial score (nSPS) is 25.4. The summed E-state index contributed by atoms with van der Waals surface area (Å²) in [5.41, 5.74) is 5.29. The molecular weight excluding hydrogens is 274 g/mol. The summed E-state index contributed by atoms with van der Waals surface area (Å²) in [6.45, 7) is 4.89. The van der Waals surface area contributed by atoms with E-state index >= 15 is 0 Å². The molecule has 2 amide bonds. The van der Waals surface area contributed by atoms with Gasteiger partial charge < -0.3 is 25.4 Å². The second-order valence-electron chi connectivity index (χ2n) is 5.58. The molecule has 2 aliphatic heterocycles. The summed E-state index contributed by atoms with van der Waals surface area (Å²) in [6, 6.07) is -0.558. The van der Waals surface area contributed by atoms with Crippen LogP contribution in [-0.2, 0) is 19.1 Å². The summed E-state index contributed by atoms with van der Waals surface area (Å²) in [7, 11) is 0. The van der Waals surface area contributed by atoms with Gasteiger partial charge in [0, 0.05) is 32.8 Å². The van der Waals surface area contributed by atoms with Crippen LogP contribution in [0.5, 0.6) is 0 Å². The Morgan fingerprint density at radius 1 is 1.29 bits per heavy atom. The Labute approximate surface area is 125 Å². The summed E-state index contributed by atoms with van der Waals surface area (Å²) in [5.74, 6) is -0.197. The Hall–Kier alpha value is -1.18. The molecule has 21 heavy (non-hydrogen) atoms. The first-order chi connectivity index (χ1) is 10.1. The maximum Gasteiger partial charge on any atom is 0.245 e. The number of ether oxygens (including phenoxy) is 2. The number of likely N-dealkylation sites (N-methyl/N-ethyl adjacent to an activating group) is 1. The summed E-state index contributed by atoms with van der Waals surface area (Å²) >= 11 is 0. The van der Waals surface area contributed by atoms with Gasteiger partial charge in [0.25, 0.3) is 0 Å². The van der Waals surface area contributed by atoms with Gasteiger partial charge >= 0.3 is 0 Å². The van der Waals surface area contributed by atoms with Gasteiger partial charge in [0.2, 0.25) is 11.8 Å². The molecule has 0 aromatic heterocycles. The molecule has 0 bridgehead atoms. The Bertz CT molecular complexity index is 382. The van der Waals surface area contributed by atoms with Crippen molar-refractivity contribution in [2.24, 2.45) is 11.1 Å². The molecule has 7 nitrogen and oxygen atoms in total. The number of nitrogens with one attached hydrogen (secondary N) is 1. The minimum atomic E-state index is -0.597. The highest BCUT2D eigenvalue weighted by Gasteiger charge is 2.45. The molecule has 0 aliphatic carbocycles. The van der Waals surface area contributed by atoms with Crippen molar-refractivity contribution < 1.29 is 19.1 Å². The molecule has 0 aromatic rings. The van der Waals surface area contributed by atoms with Crippen molar-refractivity contribution in [3.63, 3.8) is 0 Å². The van der Waals surface area contributed by atoms with Crippen molar-refractivity contribution >= 4 is 11.8 Å². The number of morpholine rings is 1. The second kappa shape index (κ2) is 7.20. The summed E-state index contributed by atoms with van der Waals surface area (Å²) < 4.78 is 10.7. The topological polar surface area (TPSA) is 93.9 Å². The number of hydrogen-bond acceptors (Lipinski definition) is 5. The van der Waals surface area contributed by atoms with Gasteiger partial charge in [-0.15, -0.1) is 0 Å². The zero-order chi connectivity index (χ0) is 15.3. The lowest BCUT2D eigenvalue weighted by Gasteiger charge is -2.43. The largest absolute Gasteiger partial charge is 0.381 e. The summed E-state index contributed by atoms with van der Waals surface area (Å²) in [6.07, 6.45) is 1.23. The van der Waals surface area contributed by atoms with Crippen molar-refractivity contribution in [2.75, 3.05) is 46.1 Å². The van der Waals surface area contributed by atoms with E-state index in [1.165, 1.54) is 0 Å². The molecule has 2 fully saturated rings. The molecule has 2 aliphatic rings. The fourth-order valence-corrected chi connectivity index (χ4v) is 2.93. The Kier molecular flexibility index (Phi) is 5.55. The molecule has 0 spiro atoms. The van der Waals surface area contributed by atoms with Gasteiger partial charge in [-0.05, 0) is 19.8 Å². The third-order valence-electron chi connectivity index (χ3n) is 4.34. The number of carbonyl (C=O) groups excluding carboxylic acids is 2. The predicted octanol–water partition coefficient (Wildman–Crippen LogP) is -0.895. The third-order valence-corrected chi connectivity index (χ3v) is 4.34. The van der Waals surface area contributed by atoms with Crippen LogP contribution >= 0.6 is 0 Å².